The predicted octanol–water partition coefficient (Wildman–Crippen LogP) is 1.67. The summed E-state index contributed by atoms with van der Waals surface area (Å²) in [7, 11) is 0. The van der Waals surface area contributed by atoms with Crippen molar-refractivity contribution in [3.05, 3.63) is 24.0 Å². The molecule has 1 aromatic heterocycles. The number of rotatable bonds is 5. The van der Waals surface area contributed by atoms with E-state index >= 15 is 0 Å². The minimum absolute atomic E-state index is 0.0767. The van der Waals surface area contributed by atoms with Gasteiger partial charge in [0.15, 0.2) is 0 Å². The normalized spacial score (nSPS) is 16.9. The Kier molecular flexibility index (Phi) is 5.42. The number of ether oxygens (including phenoxy) is 1. The van der Waals surface area contributed by atoms with Gasteiger partial charge in [-0.25, -0.2) is 0 Å². The molecule has 1 aromatic rings. The minimum Gasteiger partial charge on any atom is -0.381 e. The van der Waals surface area contributed by atoms with Gasteiger partial charge in [-0.2, -0.15) is 0 Å². The first kappa shape index (κ1) is 16.0. The molecule has 0 atom stereocenters. The smallest absolute Gasteiger partial charge is 0.240 e. The lowest BCUT2D eigenvalue weighted by molar-refractivity contribution is -0.122. The van der Waals surface area contributed by atoms with Gasteiger partial charge in [0, 0.05) is 43.7 Å². The first-order chi connectivity index (χ1) is 9.92. The Morgan fingerprint density at radius 3 is 2.76 bits per heavy atom. The van der Waals surface area contributed by atoms with Crippen LogP contribution in [-0.2, 0) is 22.6 Å². The zero-order valence-electron chi connectivity index (χ0n) is 13.3. The Hall–Kier alpha value is -1.33. The van der Waals surface area contributed by atoms with E-state index in [0.29, 0.717) is 6.54 Å². The molecule has 2 rings (SSSR count). The fraction of sp³-hybridized carbons (Fsp3) is 0.688. The lowest BCUT2D eigenvalue weighted by Gasteiger charge is -2.23. The van der Waals surface area contributed by atoms with E-state index in [1.54, 1.807) is 0 Å². The summed E-state index contributed by atoms with van der Waals surface area (Å²) >= 11 is 0. The third-order valence-electron chi connectivity index (χ3n) is 3.55. The average molecular weight is 293 g/mol. The van der Waals surface area contributed by atoms with Crippen molar-refractivity contribution >= 4 is 5.91 Å². The monoisotopic (exact) mass is 293 g/mol. The number of nitrogens with zero attached hydrogens (tertiary/aromatic N) is 1. The Bertz CT molecular complexity index is 456. The van der Waals surface area contributed by atoms with Crippen molar-refractivity contribution in [1.82, 2.24) is 15.2 Å². The molecule has 2 heterocycles. The number of hydrogen-bond donors (Lipinski definition) is 2. The summed E-state index contributed by atoms with van der Waals surface area (Å²) in [6.07, 6.45) is 5.82. The van der Waals surface area contributed by atoms with E-state index in [1.807, 2.05) is 17.0 Å². The summed E-state index contributed by atoms with van der Waals surface area (Å²) in [6, 6.07) is 2.32. The van der Waals surface area contributed by atoms with Crippen LogP contribution in [-0.4, -0.2) is 35.3 Å². The number of carbonyl (C=O) groups is 1. The molecular weight excluding hydrogens is 266 g/mol. The fourth-order valence-corrected chi connectivity index (χ4v) is 2.34. The van der Waals surface area contributed by atoms with E-state index < -0.39 is 0 Å². The van der Waals surface area contributed by atoms with Gasteiger partial charge in [-0.05, 0) is 45.2 Å². The standard InChI is InChI=1S/C16H27N3O2/c1-16(2,3)17-10-13-4-7-19(11-13)12-15(20)18-14-5-8-21-9-6-14/h4,7,11,14,17H,5-6,8-10,12H2,1-3H3,(H,18,20). The average Bonchev–Trinajstić information content (AvgIpc) is 2.84. The van der Waals surface area contributed by atoms with Crippen molar-refractivity contribution < 1.29 is 9.53 Å². The quantitative estimate of drug-likeness (QED) is 0.868. The Balaban J connectivity index is 1.77. The van der Waals surface area contributed by atoms with Gasteiger partial charge in [-0.3, -0.25) is 4.79 Å². The van der Waals surface area contributed by atoms with Crippen molar-refractivity contribution in [2.24, 2.45) is 0 Å². The van der Waals surface area contributed by atoms with Crippen LogP contribution in [0.25, 0.3) is 0 Å². The van der Waals surface area contributed by atoms with Gasteiger partial charge in [0.25, 0.3) is 0 Å². The molecule has 0 spiro atoms. The van der Waals surface area contributed by atoms with Crippen LogP contribution in [0.1, 0.15) is 39.2 Å². The van der Waals surface area contributed by atoms with Crippen LogP contribution >= 0.6 is 0 Å². The van der Waals surface area contributed by atoms with Gasteiger partial charge >= 0.3 is 0 Å². The largest absolute Gasteiger partial charge is 0.381 e. The molecule has 1 saturated heterocycles. The molecule has 0 unspecified atom stereocenters. The molecule has 0 aliphatic carbocycles. The molecule has 0 saturated carbocycles. The van der Waals surface area contributed by atoms with E-state index in [0.717, 1.165) is 32.6 Å². The van der Waals surface area contributed by atoms with Gasteiger partial charge in [0.05, 0.1) is 0 Å². The Labute approximate surface area is 127 Å². The van der Waals surface area contributed by atoms with Crippen LogP contribution in [0.15, 0.2) is 18.5 Å². The molecule has 21 heavy (non-hydrogen) atoms. The summed E-state index contributed by atoms with van der Waals surface area (Å²) in [5.74, 6) is 0.0767. The van der Waals surface area contributed by atoms with Crippen molar-refractivity contribution in [2.45, 2.75) is 58.3 Å². The first-order valence-corrected chi connectivity index (χ1v) is 7.69. The number of aromatic nitrogens is 1. The maximum Gasteiger partial charge on any atom is 0.240 e. The van der Waals surface area contributed by atoms with Gasteiger partial charge in [0.1, 0.15) is 6.54 Å². The first-order valence-electron chi connectivity index (χ1n) is 7.69. The maximum absolute atomic E-state index is 12.0. The minimum atomic E-state index is 0.0767. The molecule has 1 aliphatic heterocycles. The van der Waals surface area contributed by atoms with Crippen LogP contribution in [0.2, 0.25) is 0 Å². The van der Waals surface area contributed by atoms with E-state index in [9.17, 15) is 4.79 Å². The zero-order chi connectivity index (χ0) is 15.3. The molecule has 0 radical (unpaired) electrons. The highest BCUT2D eigenvalue weighted by Gasteiger charge is 2.16. The summed E-state index contributed by atoms with van der Waals surface area (Å²) in [5, 5.41) is 6.52. The summed E-state index contributed by atoms with van der Waals surface area (Å²) in [5.41, 5.74) is 1.30. The van der Waals surface area contributed by atoms with E-state index in [1.165, 1.54) is 5.56 Å². The molecule has 1 aliphatic rings. The van der Waals surface area contributed by atoms with Crippen LogP contribution in [0.5, 0.6) is 0 Å². The molecular formula is C16H27N3O2. The molecule has 118 valence electrons. The molecule has 1 fully saturated rings. The lowest BCUT2D eigenvalue weighted by atomic mass is 10.1. The fourth-order valence-electron chi connectivity index (χ4n) is 2.34. The topological polar surface area (TPSA) is 55.3 Å². The number of nitrogens with one attached hydrogen (secondary N) is 2. The molecule has 0 aromatic carbocycles. The molecule has 1 amide bonds. The second-order valence-corrected chi connectivity index (χ2v) is 6.75. The molecule has 5 nitrogen and oxygen atoms in total. The van der Waals surface area contributed by atoms with Crippen LogP contribution in [0.4, 0.5) is 0 Å². The number of amides is 1. The summed E-state index contributed by atoms with van der Waals surface area (Å²) in [6.45, 7) is 9.13. The number of carbonyl (C=O) groups excluding carboxylic acids is 1. The van der Waals surface area contributed by atoms with Gasteiger partial charge < -0.3 is 19.9 Å². The van der Waals surface area contributed by atoms with Crippen LogP contribution in [0.3, 0.4) is 0 Å². The van der Waals surface area contributed by atoms with Gasteiger partial charge in [-0.1, -0.05) is 0 Å². The summed E-state index contributed by atoms with van der Waals surface area (Å²) in [4.78, 5) is 12.0. The van der Waals surface area contributed by atoms with Crippen molar-refractivity contribution in [2.75, 3.05) is 13.2 Å². The third-order valence-corrected chi connectivity index (χ3v) is 3.55. The molecule has 0 bridgehead atoms. The van der Waals surface area contributed by atoms with E-state index in [-0.39, 0.29) is 17.5 Å². The van der Waals surface area contributed by atoms with Gasteiger partial charge in [0.2, 0.25) is 5.91 Å². The SMILES string of the molecule is CC(C)(C)NCc1ccn(CC(=O)NC2CCOCC2)c1. The highest BCUT2D eigenvalue weighted by atomic mass is 16.5. The van der Waals surface area contributed by atoms with Crippen molar-refractivity contribution in [3.63, 3.8) is 0 Å². The van der Waals surface area contributed by atoms with Crippen molar-refractivity contribution in [3.8, 4) is 0 Å². The zero-order valence-corrected chi connectivity index (χ0v) is 13.3. The lowest BCUT2D eigenvalue weighted by Crippen LogP contribution is -2.40. The van der Waals surface area contributed by atoms with Gasteiger partial charge in [-0.15, -0.1) is 0 Å². The Morgan fingerprint density at radius 2 is 2.10 bits per heavy atom. The van der Waals surface area contributed by atoms with E-state index in [2.05, 4.69) is 37.5 Å². The second kappa shape index (κ2) is 7.09. The third kappa shape index (κ3) is 5.89. The highest BCUT2D eigenvalue weighted by molar-refractivity contribution is 5.76. The maximum atomic E-state index is 12.0. The van der Waals surface area contributed by atoms with Crippen molar-refractivity contribution in [1.29, 1.82) is 0 Å². The molecule has 5 heteroatoms. The number of hydrogen-bond acceptors (Lipinski definition) is 3. The molecule has 2 N–H and O–H groups in total. The Morgan fingerprint density at radius 1 is 1.38 bits per heavy atom. The van der Waals surface area contributed by atoms with Crippen LogP contribution in [0, 0.1) is 0 Å². The highest BCUT2D eigenvalue weighted by Crippen LogP contribution is 2.07. The predicted molar refractivity (Wildman–Crippen MR) is 83.0 cm³/mol. The van der Waals surface area contributed by atoms with E-state index in [4.69, 9.17) is 4.74 Å². The second-order valence-electron chi connectivity index (χ2n) is 6.75. The van der Waals surface area contributed by atoms with Crippen LogP contribution < -0.4 is 10.6 Å². The summed E-state index contributed by atoms with van der Waals surface area (Å²) < 4.78 is 7.23.